The lowest BCUT2D eigenvalue weighted by Gasteiger charge is -2.23. The van der Waals surface area contributed by atoms with Gasteiger partial charge in [-0.05, 0) is 80.6 Å². The molecule has 2 amide bonds. The number of carboxylic acids is 1. The van der Waals surface area contributed by atoms with Gasteiger partial charge in [0.1, 0.15) is 0 Å². The molecule has 0 atom stereocenters. The van der Waals surface area contributed by atoms with Gasteiger partial charge >= 0.3 is 11.9 Å². The Morgan fingerprint density at radius 3 is 2.00 bits per heavy atom. The molecule has 0 bridgehead atoms. The third kappa shape index (κ3) is 8.29. The number of amides is 2. The zero-order valence-electron chi connectivity index (χ0n) is 17.5. The number of carboxylic acid groups (broad SMARTS) is 1. The highest BCUT2D eigenvalue weighted by atomic mass is 127. The third-order valence-corrected chi connectivity index (χ3v) is 7.77. The monoisotopic (exact) mass is 770 g/mol. The Morgan fingerprint density at radius 2 is 1.48 bits per heavy atom. The molecule has 0 spiro atoms. The minimum absolute atomic E-state index is 0.0608. The molecular formula is C20H25I3N2O6. The highest BCUT2D eigenvalue weighted by molar-refractivity contribution is 14.1. The quantitative estimate of drug-likeness (QED) is 0.186. The SMILES string of the molecule is COC(=O)CCCCCCCC(=O)Nc1c(I)c(C(=O)O)c(I)c(N(C)C(C)=O)c1I. The van der Waals surface area contributed by atoms with Gasteiger partial charge in [-0.3, -0.25) is 14.4 Å². The normalized spacial score (nSPS) is 10.5. The first-order chi connectivity index (χ1) is 14.5. The number of nitrogens with zero attached hydrogens (tertiary/aromatic N) is 1. The average molecular weight is 770 g/mol. The number of aromatic carboxylic acids is 1. The van der Waals surface area contributed by atoms with Crippen LogP contribution < -0.4 is 10.2 Å². The van der Waals surface area contributed by atoms with E-state index < -0.39 is 5.97 Å². The zero-order chi connectivity index (χ0) is 23.7. The van der Waals surface area contributed by atoms with Crippen molar-refractivity contribution < 1.29 is 29.0 Å². The van der Waals surface area contributed by atoms with Crippen LogP contribution in [0.4, 0.5) is 11.4 Å². The number of rotatable bonds is 11. The molecule has 0 aliphatic heterocycles. The van der Waals surface area contributed by atoms with Crippen LogP contribution >= 0.6 is 67.8 Å². The minimum Gasteiger partial charge on any atom is -0.478 e. The summed E-state index contributed by atoms with van der Waals surface area (Å²) in [5, 5.41) is 12.5. The molecule has 0 saturated heterocycles. The molecule has 2 N–H and O–H groups in total. The topological polar surface area (TPSA) is 113 Å². The predicted octanol–water partition coefficient (Wildman–Crippen LogP) is 5.02. The maximum absolute atomic E-state index is 12.5. The fourth-order valence-electron chi connectivity index (χ4n) is 2.79. The van der Waals surface area contributed by atoms with E-state index in [0.717, 1.165) is 25.7 Å². The lowest BCUT2D eigenvalue weighted by atomic mass is 10.1. The summed E-state index contributed by atoms with van der Waals surface area (Å²) in [6.07, 6.45) is 4.83. The van der Waals surface area contributed by atoms with E-state index in [0.29, 0.717) is 41.3 Å². The number of halogens is 3. The lowest BCUT2D eigenvalue weighted by molar-refractivity contribution is -0.140. The van der Waals surface area contributed by atoms with E-state index in [1.54, 1.807) is 7.05 Å². The number of carbonyl (C=O) groups is 4. The fraction of sp³-hybridized carbons (Fsp3) is 0.500. The molecule has 1 aromatic rings. The molecule has 11 heteroatoms. The number of esters is 1. The molecule has 0 heterocycles. The molecule has 0 radical (unpaired) electrons. The molecule has 0 aliphatic rings. The van der Waals surface area contributed by atoms with E-state index in [1.165, 1.54) is 18.9 Å². The van der Waals surface area contributed by atoms with Crippen molar-refractivity contribution in [3.05, 3.63) is 16.3 Å². The van der Waals surface area contributed by atoms with E-state index >= 15 is 0 Å². The number of nitrogens with one attached hydrogen (secondary N) is 1. The van der Waals surface area contributed by atoms with Crippen LogP contribution in [0, 0.1) is 10.7 Å². The third-order valence-electron chi connectivity index (χ3n) is 4.59. The van der Waals surface area contributed by atoms with Crippen LogP contribution in [0.1, 0.15) is 62.2 Å². The van der Waals surface area contributed by atoms with Crippen LogP contribution in [0.2, 0.25) is 0 Å². The van der Waals surface area contributed by atoms with Gasteiger partial charge in [0.05, 0.1) is 34.8 Å². The summed E-state index contributed by atoms with van der Waals surface area (Å²) < 4.78 is 6.09. The molecule has 31 heavy (non-hydrogen) atoms. The van der Waals surface area contributed by atoms with Crippen molar-refractivity contribution in [2.24, 2.45) is 0 Å². The van der Waals surface area contributed by atoms with E-state index in [4.69, 9.17) is 0 Å². The smallest absolute Gasteiger partial charge is 0.338 e. The van der Waals surface area contributed by atoms with Crippen LogP contribution in [0.3, 0.4) is 0 Å². The molecule has 0 unspecified atom stereocenters. The predicted molar refractivity (Wildman–Crippen MR) is 144 cm³/mol. The Labute approximate surface area is 222 Å². The van der Waals surface area contributed by atoms with Gasteiger partial charge in [0, 0.05) is 26.8 Å². The summed E-state index contributed by atoms with van der Waals surface area (Å²) in [7, 11) is 2.95. The van der Waals surface area contributed by atoms with Crippen LogP contribution in [0.15, 0.2) is 0 Å². The molecule has 0 fully saturated rings. The van der Waals surface area contributed by atoms with Crippen molar-refractivity contribution in [3.63, 3.8) is 0 Å². The Balaban J connectivity index is 2.85. The molecule has 172 valence electrons. The number of unbranched alkanes of at least 4 members (excludes halogenated alkanes) is 4. The summed E-state index contributed by atoms with van der Waals surface area (Å²) in [5.41, 5.74) is 0.934. The van der Waals surface area contributed by atoms with Crippen LogP contribution in [0.5, 0.6) is 0 Å². The summed E-state index contributed by atoms with van der Waals surface area (Å²) in [6, 6.07) is 0. The van der Waals surface area contributed by atoms with Crippen LogP contribution in [-0.4, -0.2) is 43.0 Å². The highest BCUT2D eigenvalue weighted by Crippen LogP contribution is 2.40. The van der Waals surface area contributed by atoms with Crippen molar-refractivity contribution in [3.8, 4) is 0 Å². The lowest BCUT2D eigenvalue weighted by Crippen LogP contribution is -2.27. The Bertz CT molecular complexity index is 860. The second kappa shape index (κ2) is 13.7. The standard InChI is InChI=1S/C20H25I3N2O6/c1-11(26)25(2)19-16(22)14(20(29)30)15(21)18(17(19)23)24-12(27)9-7-5-4-6-8-10-13(28)31-3/h4-10H2,1-3H3,(H,24,27)(H,29,30). The molecule has 8 nitrogen and oxygen atoms in total. The van der Waals surface area contributed by atoms with Crippen molar-refractivity contribution in [1.29, 1.82) is 0 Å². The molecule has 1 rings (SSSR count). The molecule has 0 aromatic heterocycles. The fourth-order valence-corrected chi connectivity index (χ4v) is 7.41. The number of hydrogen-bond donors (Lipinski definition) is 2. The number of hydrogen-bond acceptors (Lipinski definition) is 5. The van der Waals surface area contributed by atoms with Gasteiger partial charge in [-0.25, -0.2) is 4.79 Å². The molecule has 1 aromatic carbocycles. The van der Waals surface area contributed by atoms with Crippen molar-refractivity contribution in [2.45, 2.75) is 51.9 Å². The maximum Gasteiger partial charge on any atom is 0.338 e. The Hall–Kier alpha value is -0.710. The van der Waals surface area contributed by atoms with Crippen molar-refractivity contribution in [1.82, 2.24) is 0 Å². The molecule has 0 aliphatic carbocycles. The molecule has 0 saturated carbocycles. The number of benzene rings is 1. The van der Waals surface area contributed by atoms with Gasteiger partial charge in [-0.15, -0.1) is 0 Å². The first kappa shape index (κ1) is 28.3. The zero-order valence-corrected chi connectivity index (χ0v) is 24.0. The summed E-state index contributed by atoms with van der Waals surface area (Å²) in [4.78, 5) is 48.7. The Kier molecular flexibility index (Phi) is 12.6. The number of anilines is 2. The summed E-state index contributed by atoms with van der Waals surface area (Å²) in [5.74, 6) is -1.78. The van der Waals surface area contributed by atoms with Gasteiger partial charge in [0.25, 0.3) is 0 Å². The van der Waals surface area contributed by atoms with Crippen LogP contribution in [0.25, 0.3) is 0 Å². The number of ether oxygens (including phenoxy) is 1. The van der Waals surface area contributed by atoms with Gasteiger partial charge in [0.2, 0.25) is 11.8 Å². The first-order valence-corrected chi connectivity index (χ1v) is 12.8. The Morgan fingerprint density at radius 1 is 0.935 bits per heavy atom. The van der Waals surface area contributed by atoms with E-state index in [1.807, 2.05) is 67.8 Å². The van der Waals surface area contributed by atoms with E-state index in [2.05, 4.69) is 10.1 Å². The summed E-state index contributed by atoms with van der Waals surface area (Å²) in [6.45, 7) is 1.40. The summed E-state index contributed by atoms with van der Waals surface area (Å²) >= 11 is 5.88. The number of carbonyl (C=O) groups excluding carboxylic acids is 3. The van der Waals surface area contributed by atoms with Gasteiger partial charge in [-0.2, -0.15) is 0 Å². The average Bonchev–Trinajstić information content (AvgIpc) is 2.69. The van der Waals surface area contributed by atoms with E-state index in [-0.39, 0.29) is 23.3 Å². The van der Waals surface area contributed by atoms with Crippen molar-refractivity contribution >= 4 is 103 Å². The van der Waals surface area contributed by atoms with Gasteiger partial charge in [-0.1, -0.05) is 19.3 Å². The first-order valence-electron chi connectivity index (χ1n) is 9.57. The number of methoxy groups -OCH3 is 1. The van der Waals surface area contributed by atoms with Gasteiger partial charge in [0.15, 0.2) is 0 Å². The maximum atomic E-state index is 12.5. The van der Waals surface area contributed by atoms with Crippen LogP contribution in [-0.2, 0) is 19.1 Å². The minimum atomic E-state index is -1.12. The van der Waals surface area contributed by atoms with Crippen molar-refractivity contribution in [2.75, 3.05) is 24.4 Å². The molecular weight excluding hydrogens is 745 g/mol. The largest absolute Gasteiger partial charge is 0.478 e. The van der Waals surface area contributed by atoms with Gasteiger partial charge < -0.3 is 20.1 Å². The second-order valence-corrected chi connectivity index (χ2v) is 10.1. The highest BCUT2D eigenvalue weighted by Gasteiger charge is 2.27. The van der Waals surface area contributed by atoms with E-state index in [9.17, 15) is 24.3 Å². The second-order valence-electron chi connectivity index (χ2n) is 6.82.